The molecule has 144 valence electrons. The van der Waals surface area contributed by atoms with Gasteiger partial charge in [0.05, 0.1) is 34.3 Å². The molecule has 0 atom stereocenters. The first kappa shape index (κ1) is 20.5. The maximum Gasteiger partial charge on any atom is 0.301 e. The van der Waals surface area contributed by atoms with Crippen molar-refractivity contribution in [2.45, 2.75) is 0 Å². The number of non-ortho nitro benzene ring substituents is 1. The number of benzene rings is 2. The van der Waals surface area contributed by atoms with Gasteiger partial charge in [0.15, 0.2) is 11.5 Å². The van der Waals surface area contributed by atoms with E-state index < -0.39 is 21.2 Å². The molecular weight excluding hydrogens is 392 g/mol. The Balaban J connectivity index is 2.25. The first-order valence-corrected chi connectivity index (χ1v) is 7.91. The van der Waals surface area contributed by atoms with Crippen molar-refractivity contribution in [3.05, 3.63) is 61.1 Å². The fraction of sp³-hybridized carbons (Fsp3) is 0.118. The number of methoxy groups -OCH3 is 1. The first-order chi connectivity index (χ1) is 13.4. The summed E-state index contributed by atoms with van der Waals surface area (Å²) in [7, 11) is 1.42. The van der Waals surface area contributed by atoms with Crippen LogP contribution >= 0.6 is 11.6 Å². The molecule has 0 saturated carbocycles. The summed E-state index contributed by atoms with van der Waals surface area (Å²) < 4.78 is 10.5. The highest BCUT2D eigenvalue weighted by atomic mass is 35.5. The van der Waals surface area contributed by atoms with Crippen LogP contribution in [0, 0.1) is 32.6 Å². The summed E-state index contributed by atoms with van der Waals surface area (Å²) in [4.78, 5) is 20.4. The van der Waals surface area contributed by atoms with Gasteiger partial charge in [0, 0.05) is 6.07 Å². The molecule has 2 aromatic carbocycles. The number of hydrogen-bond acceptors (Lipinski definition) is 8. The second-order valence-corrected chi connectivity index (χ2v) is 5.52. The summed E-state index contributed by atoms with van der Waals surface area (Å²) in [5, 5.41) is 26.0. The Morgan fingerprint density at radius 3 is 2.64 bits per heavy atom. The Labute approximate surface area is 164 Å². The van der Waals surface area contributed by atoms with Crippen LogP contribution in [0.4, 0.5) is 17.1 Å². The molecule has 0 unspecified atom stereocenters. The van der Waals surface area contributed by atoms with Crippen LogP contribution < -0.4 is 14.9 Å². The van der Waals surface area contributed by atoms with E-state index >= 15 is 0 Å². The third-order valence-corrected chi connectivity index (χ3v) is 3.62. The number of halogens is 1. The van der Waals surface area contributed by atoms with Crippen molar-refractivity contribution in [2.75, 3.05) is 19.1 Å². The third kappa shape index (κ3) is 4.87. The zero-order valence-corrected chi connectivity index (χ0v) is 15.2. The van der Waals surface area contributed by atoms with Crippen LogP contribution in [0.3, 0.4) is 0 Å². The molecule has 1 N–H and O–H groups in total. The number of nitrogens with zero attached hydrogens (tertiary/aromatic N) is 3. The van der Waals surface area contributed by atoms with Gasteiger partial charge in [0.25, 0.3) is 5.69 Å². The highest BCUT2D eigenvalue weighted by Gasteiger charge is 2.19. The Bertz CT molecular complexity index is 986. The van der Waals surface area contributed by atoms with E-state index in [2.05, 4.69) is 16.4 Å². The molecule has 0 radical (unpaired) electrons. The number of nitro groups is 2. The topological polar surface area (TPSA) is 129 Å². The molecule has 0 aliphatic heterocycles. The SMILES string of the molecule is C#CCOc1c(Cl)cc(/C=N/Nc2ccc([N+](=O)[O-])cc2[N+](=O)[O-])cc1OC. The zero-order valence-electron chi connectivity index (χ0n) is 14.4. The van der Waals surface area contributed by atoms with Gasteiger partial charge in [-0.25, -0.2) is 0 Å². The lowest BCUT2D eigenvalue weighted by atomic mass is 10.2. The number of rotatable bonds is 8. The van der Waals surface area contributed by atoms with Crippen LogP contribution in [0.15, 0.2) is 35.4 Å². The van der Waals surface area contributed by atoms with E-state index in [1.165, 1.54) is 25.5 Å². The quantitative estimate of drug-likeness (QED) is 0.308. The summed E-state index contributed by atoms with van der Waals surface area (Å²) in [6.45, 7) is 0.00881. The van der Waals surface area contributed by atoms with Gasteiger partial charge in [-0.1, -0.05) is 17.5 Å². The fourth-order valence-electron chi connectivity index (χ4n) is 2.12. The van der Waals surface area contributed by atoms with Gasteiger partial charge in [0.2, 0.25) is 0 Å². The summed E-state index contributed by atoms with van der Waals surface area (Å²) >= 11 is 6.15. The van der Waals surface area contributed by atoms with Crippen molar-refractivity contribution in [1.82, 2.24) is 0 Å². The number of hydrogen-bond donors (Lipinski definition) is 1. The molecule has 0 amide bonds. The maximum absolute atomic E-state index is 11.1. The molecule has 0 aliphatic rings. The monoisotopic (exact) mass is 404 g/mol. The minimum absolute atomic E-state index is 0.00881. The van der Waals surface area contributed by atoms with E-state index in [4.69, 9.17) is 27.5 Å². The van der Waals surface area contributed by atoms with Crippen molar-refractivity contribution in [1.29, 1.82) is 0 Å². The van der Waals surface area contributed by atoms with E-state index in [9.17, 15) is 20.2 Å². The predicted molar refractivity (Wildman–Crippen MR) is 103 cm³/mol. The number of nitrogens with one attached hydrogen (secondary N) is 1. The summed E-state index contributed by atoms with van der Waals surface area (Å²) in [6.07, 6.45) is 6.49. The average Bonchev–Trinajstić information content (AvgIpc) is 2.66. The minimum Gasteiger partial charge on any atom is -0.493 e. The second-order valence-electron chi connectivity index (χ2n) is 5.11. The molecule has 0 heterocycles. The normalized spacial score (nSPS) is 10.3. The Morgan fingerprint density at radius 1 is 1.29 bits per heavy atom. The molecular formula is C17H13ClN4O6. The zero-order chi connectivity index (χ0) is 20.7. The van der Waals surface area contributed by atoms with Gasteiger partial charge >= 0.3 is 5.69 Å². The van der Waals surface area contributed by atoms with Crippen molar-refractivity contribution >= 4 is 34.9 Å². The second kappa shape index (κ2) is 9.20. The van der Waals surface area contributed by atoms with Crippen LogP contribution in [0.2, 0.25) is 5.02 Å². The highest BCUT2D eigenvalue weighted by Crippen LogP contribution is 2.36. The highest BCUT2D eigenvalue weighted by molar-refractivity contribution is 6.32. The summed E-state index contributed by atoms with van der Waals surface area (Å²) in [5.41, 5.74) is 2.08. The first-order valence-electron chi connectivity index (χ1n) is 7.53. The van der Waals surface area contributed by atoms with Gasteiger partial charge in [-0.2, -0.15) is 5.10 Å². The number of terminal acetylenes is 1. The van der Waals surface area contributed by atoms with Crippen molar-refractivity contribution in [3.8, 4) is 23.8 Å². The molecule has 2 rings (SSSR count). The van der Waals surface area contributed by atoms with Crippen LogP contribution in [0.5, 0.6) is 11.5 Å². The molecule has 0 bridgehead atoms. The predicted octanol–water partition coefficient (Wildman–Crippen LogP) is 3.62. The molecule has 0 spiro atoms. The average molecular weight is 405 g/mol. The van der Waals surface area contributed by atoms with Gasteiger partial charge in [-0.05, 0) is 23.8 Å². The molecule has 0 fully saturated rings. The molecule has 28 heavy (non-hydrogen) atoms. The van der Waals surface area contributed by atoms with Crippen LogP contribution in [-0.2, 0) is 0 Å². The minimum atomic E-state index is -0.748. The number of hydrazone groups is 1. The summed E-state index contributed by atoms with van der Waals surface area (Å²) in [5.74, 6) is 2.92. The Hall–Kier alpha value is -3.84. The molecule has 0 aliphatic carbocycles. The van der Waals surface area contributed by atoms with Crippen LogP contribution in [0.25, 0.3) is 0 Å². The van der Waals surface area contributed by atoms with Crippen molar-refractivity contribution in [3.63, 3.8) is 0 Å². The van der Waals surface area contributed by atoms with E-state index in [1.54, 1.807) is 6.07 Å². The Morgan fingerprint density at radius 2 is 2.04 bits per heavy atom. The van der Waals surface area contributed by atoms with Gasteiger partial charge < -0.3 is 9.47 Å². The van der Waals surface area contributed by atoms with E-state index in [0.717, 1.165) is 12.1 Å². The number of nitro benzene ring substituents is 2. The third-order valence-electron chi connectivity index (χ3n) is 3.34. The summed E-state index contributed by atoms with van der Waals surface area (Å²) in [6, 6.07) is 6.27. The lowest BCUT2D eigenvalue weighted by Crippen LogP contribution is -2.00. The van der Waals surface area contributed by atoms with E-state index in [1.807, 2.05) is 0 Å². The molecule has 0 aromatic heterocycles. The lowest BCUT2D eigenvalue weighted by Gasteiger charge is -2.11. The lowest BCUT2D eigenvalue weighted by molar-refractivity contribution is -0.393. The van der Waals surface area contributed by atoms with Crippen LogP contribution in [0.1, 0.15) is 5.56 Å². The number of ether oxygens (including phenoxy) is 2. The number of anilines is 1. The molecule has 0 saturated heterocycles. The molecule has 10 nitrogen and oxygen atoms in total. The largest absolute Gasteiger partial charge is 0.493 e. The standard InChI is InChI=1S/C17H13ClN4O6/c1-3-6-28-17-13(18)7-11(8-16(17)27-2)10-19-20-14-5-4-12(21(23)24)9-15(14)22(25)26/h1,4-5,7-10,20H,6H2,2H3/b19-10+. The smallest absolute Gasteiger partial charge is 0.301 e. The van der Waals surface area contributed by atoms with E-state index in [0.29, 0.717) is 11.3 Å². The van der Waals surface area contributed by atoms with Gasteiger partial charge in [-0.15, -0.1) is 6.42 Å². The van der Waals surface area contributed by atoms with Crippen molar-refractivity contribution in [2.24, 2.45) is 5.10 Å². The fourth-order valence-corrected chi connectivity index (χ4v) is 2.40. The Kier molecular flexibility index (Phi) is 6.73. The van der Waals surface area contributed by atoms with Gasteiger partial charge in [0.1, 0.15) is 12.3 Å². The molecule has 11 heteroatoms. The van der Waals surface area contributed by atoms with Crippen LogP contribution in [-0.4, -0.2) is 29.8 Å². The maximum atomic E-state index is 11.1. The van der Waals surface area contributed by atoms with Crippen molar-refractivity contribution < 1.29 is 19.3 Å². The van der Waals surface area contributed by atoms with Gasteiger partial charge in [-0.3, -0.25) is 25.7 Å². The molecule has 2 aromatic rings. The van der Waals surface area contributed by atoms with E-state index in [-0.39, 0.29) is 23.1 Å².